The first-order valence-corrected chi connectivity index (χ1v) is 9.80. The summed E-state index contributed by atoms with van der Waals surface area (Å²) >= 11 is 0. The molecule has 0 bridgehead atoms. The first-order chi connectivity index (χ1) is 13.2. The van der Waals surface area contributed by atoms with E-state index < -0.39 is 0 Å². The predicted molar refractivity (Wildman–Crippen MR) is 107 cm³/mol. The van der Waals surface area contributed by atoms with Crippen molar-refractivity contribution in [2.75, 3.05) is 38.3 Å². The van der Waals surface area contributed by atoms with Crippen LogP contribution in [0.4, 0.5) is 5.69 Å². The standard InChI is InChI=1S/C22H30N2O3/c1-3-21(25)24(19-8-5-4-6-9-19)22(18-26-2)12-15-23(16-13-22)14-11-20-10-7-17-27-20/h4-10,17H,3,11-16,18H2,1-2H3. The van der Waals surface area contributed by atoms with E-state index >= 15 is 0 Å². The quantitative estimate of drug-likeness (QED) is 0.710. The number of carbonyl (C=O) groups excluding carboxylic acids is 1. The van der Waals surface area contributed by atoms with Crippen LogP contribution in [0, 0.1) is 0 Å². The fraction of sp³-hybridized carbons (Fsp3) is 0.500. The monoisotopic (exact) mass is 370 g/mol. The summed E-state index contributed by atoms with van der Waals surface area (Å²) in [5.41, 5.74) is 0.676. The molecule has 5 heteroatoms. The Bertz CT molecular complexity index is 692. The Labute approximate surface area is 161 Å². The lowest BCUT2D eigenvalue weighted by molar-refractivity contribution is -0.120. The van der Waals surface area contributed by atoms with Crippen LogP contribution in [-0.4, -0.2) is 49.7 Å². The van der Waals surface area contributed by atoms with Gasteiger partial charge in [-0.15, -0.1) is 0 Å². The Hall–Kier alpha value is -2.11. The highest BCUT2D eigenvalue weighted by molar-refractivity contribution is 5.94. The number of rotatable bonds is 8. The number of hydrogen-bond acceptors (Lipinski definition) is 4. The molecule has 0 spiro atoms. The van der Waals surface area contributed by atoms with Gasteiger partial charge in [0.05, 0.1) is 18.4 Å². The van der Waals surface area contributed by atoms with Crippen molar-refractivity contribution in [3.05, 3.63) is 54.5 Å². The molecule has 1 fully saturated rings. The van der Waals surface area contributed by atoms with E-state index in [1.165, 1.54) is 0 Å². The Morgan fingerprint density at radius 3 is 2.52 bits per heavy atom. The molecule has 0 saturated carbocycles. The van der Waals surface area contributed by atoms with Crippen molar-refractivity contribution < 1.29 is 13.9 Å². The van der Waals surface area contributed by atoms with Gasteiger partial charge in [-0.1, -0.05) is 25.1 Å². The van der Waals surface area contributed by atoms with Crippen LogP contribution in [0.25, 0.3) is 0 Å². The lowest BCUT2D eigenvalue weighted by atomic mass is 9.85. The van der Waals surface area contributed by atoms with E-state index in [0.29, 0.717) is 13.0 Å². The lowest BCUT2D eigenvalue weighted by Crippen LogP contribution is -2.60. The van der Waals surface area contributed by atoms with Crippen molar-refractivity contribution in [3.63, 3.8) is 0 Å². The first-order valence-electron chi connectivity index (χ1n) is 9.80. The number of carbonyl (C=O) groups is 1. The van der Waals surface area contributed by atoms with Gasteiger partial charge in [-0.2, -0.15) is 0 Å². The average molecular weight is 370 g/mol. The van der Waals surface area contributed by atoms with Crippen molar-refractivity contribution in [1.29, 1.82) is 0 Å². The Kier molecular flexibility index (Phi) is 6.69. The molecule has 0 N–H and O–H groups in total. The van der Waals surface area contributed by atoms with Crippen LogP contribution in [0.1, 0.15) is 31.9 Å². The second-order valence-electron chi connectivity index (χ2n) is 7.25. The van der Waals surface area contributed by atoms with Gasteiger partial charge in [0.2, 0.25) is 5.91 Å². The minimum Gasteiger partial charge on any atom is -0.469 e. The number of benzene rings is 1. The second-order valence-corrected chi connectivity index (χ2v) is 7.25. The number of hydrogen-bond donors (Lipinski definition) is 0. The summed E-state index contributed by atoms with van der Waals surface area (Å²) in [5, 5.41) is 0. The van der Waals surface area contributed by atoms with E-state index in [1.807, 2.05) is 54.3 Å². The topological polar surface area (TPSA) is 45.9 Å². The maximum Gasteiger partial charge on any atom is 0.227 e. The van der Waals surface area contributed by atoms with Crippen molar-refractivity contribution >= 4 is 11.6 Å². The molecule has 1 amide bonds. The number of para-hydroxylation sites is 1. The van der Waals surface area contributed by atoms with E-state index in [1.54, 1.807) is 13.4 Å². The molecule has 1 aromatic carbocycles. The second kappa shape index (κ2) is 9.20. The van der Waals surface area contributed by atoms with Crippen LogP contribution in [0.3, 0.4) is 0 Å². The zero-order valence-corrected chi connectivity index (χ0v) is 16.4. The molecule has 2 heterocycles. The summed E-state index contributed by atoms with van der Waals surface area (Å²) in [7, 11) is 1.73. The molecule has 0 radical (unpaired) electrons. The highest BCUT2D eigenvalue weighted by atomic mass is 16.5. The third-order valence-electron chi connectivity index (χ3n) is 5.49. The van der Waals surface area contributed by atoms with Gasteiger partial charge >= 0.3 is 0 Å². The summed E-state index contributed by atoms with van der Waals surface area (Å²) in [6.07, 6.45) is 4.94. The summed E-state index contributed by atoms with van der Waals surface area (Å²) in [6.45, 7) is 5.36. The van der Waals surface area contributed by atoms with E-state index in [2.05, 4.69) is 4.90 Å². The normalized spacial score (nSPS) is 17.0. The molecule has 1 aromatic heterocycles. The van der Waals surface area contributed by atoms with Gasteiger partial charge in [-0.25, -0.2) is 0 Å². The van der Waals surface area contributed by atoms with Crippen molar-refractivity contribution in [1.82, 2.24) is 4.90 Å². The van der Waals surface area contributed by atoms with Gasteiger partial charge in [0, 0.05) is 45.3 Å². The number of amides is 1. The fourth-order valence-corrected chi connectivity index (χ4v) is 4.03. The molecule has 3 rings (SSSR count). The average Bonchev–Trinajstić information content (AvgIpc) is 3.22. The molecule has 1 aliphatic rings. The minimum atomic E-state index is -0.287. The van der Waals surface area contributed by atoms with Gasteiger partial charge in [0.15, 0.2) is 0 Å². The van der Waals surface area contributed by atoms with Crippen molar-refractivity contribution in [2.24, 2.45) is 0 Å². The molecular formula is C22H30N2O3. The van der Waals surface area contributed by atoms with Gasteiger partial charge < -0.3 is 19.0 Å². The molecule has 2 aromatic rings. The predicted octanol–water partition coefficient (Wildman–Crippen LogP) is 3.75. The van der Waals surface area contributed by atoms with Gasteiger partial charge in [0.1, 0.15) is 5.76 Å². The summed E-state index contributed by atoms with van der Waals surface area (Å²) < 4.78 is 11.1. The Morgan fingerprint density at radius 1 is 1.19 bits per heavy atom. The number of anilines is 1. The third kappa shape index (κ3) is 4.60. The van der Waals surface area contributed by atoms with Crippen molar-refractivity contribution in [3.8, 4) is 0 Å². The van der Waals surface area contributed by atoms with Crippen LogP contribution in [0.2, 0.25) is 0 Å². The number of likely N-dealkylation sites (tertiary alicyclic amines) is 1. The smallest absolute Gasteiger partial charge is 0.227 e. The Morgan fingerprint density at radius 2 is 1.93 bits per heavy atom. The molecule has 0 unspecified atom stereocenters. The van der Waals surface area contributed by atoms with Crippen LogP contribution in [0.15, 0.2) is 53.1 Å². The fourth-order valence-electron chi connectivity index (χ4n) is 4.03. The van der Waals surface area contributed by atoms with Crippen LogP contribution < -0.4 is 4.90 Å². The van der Waals surface area contributed by atoms with Gasteiger partial charge in [-0.3, -0.25) is 4.79 Å². The third-order valence-corrected chi connectivity index (χ3v) is 5.49. The SMILES string of the molecule is CCC(=O)N(c1ccccc1)C1(COC)CCN(CCc2ccco2)CC1. The molecule has 1 saturated heterocycles. The highest BCUT2D eigenvalue weighted by Gasteiger charge is 2.42. The summed E-state index contributed by atoms with van der Waals surface area (Å²) in [4.78, 5) is 17.4. The van der Waals surface area contributed by atoms with Gasteiger partial charge in [-0.05, 0) is 37.1 Å². The van der Waals surface area contributed by atoms with E-state index in [9.17, 15) is 4.79 Å². The number of furan rings is 1. The maximum absolute atomic E-state index is 12.9. The maximum atomic E-state index is 12.9. The van der Waals surface area contributed by atoms with Crippen molar-refractivity contribution in [2.45, 2.75) is 38.1 Å². The Balaban J connectivity index is 1.74. The van der Waals surface area contributed by atoms with Crippen LogP contribution in [-0.2, 0) is 16.0 Å². The minimum absolute atomic E-state index is 0.155. The zero-order chi connectivity index (χ0) is 19.1. The van der Waals surface area contributed by atoms with E-state index in [-0.39, 0.29) is 11.4 Å². The number of piperidine rings is 1. The molecule has 0 aliphatic carbocycles. The largest absolute Gasteiger partial charge is 0.469 e. The number of nitrogens with zero attached hydrogens (tertiary/aromatic N) is 2. The lowest BCUT2D eigenvalue weighted by Gasteiger charge is -2.48. The molecule has 5 nitrogen and oxygen atoms in total. The molecule has 1 aliphatic heterocycles. The zero-order valence-electron chi connectivity index (χ0n) is 16.4. The van der Waals surface area contributed by atoms with E-state index in [0.717, 1.165) is 50.3 Å². The number of methoxy groups -OCH3 is 1. The highest BCUT2D eigenvalue weighted by Crippen LogP contribution is 2.34. The van der Waals surface area contributed by atoms with E-state index in [4.69, 9.17) is 9.15 Å². The van der Waals surface area contributed by atoms with Gasteiger partial charge in [0.25, 0.3) is 0 Å². The summed E-state index contributed by atoms with van der Waals surface area (Å²) in [5.74, 6) is 1.18. The summed E-state index contributed by atoms with van der Waals surface area (Å²) in [6, 6.07) is 14.0. The molecule has 0 atom stereocenters. The van der Waals surface area contributed by atoms with Crippen LogP contribution >= 0.6 is 0 Å². The van der Waals surface area contributed by atoms with Crippen LogP contribution in [0.5, 0.6) is 0 Å². The number of ether oxygens (including phenoxy) is 1. The first kappa shape index (κ1) is 19.6. The molecule has 27 heavy (non-hydrogen) atoms. The molecule has 146 valence electrons. The molecular weight excluding hydrogens is 340 g/mol.